The third kappa shape index (κ3) is 50.8. The molecule has 32 heteroatoms. The van der Waals surface area contributed by atoms with Crippen molar-refractivity contribution in [3.05, 3.63) is 0 Å². The zero-order valence-corrected chi connectivity index (χ0v) is 50.2. The van der Waals surface area contributed by atoms with Gasteiger partial charge in [0.25, 0.3) is 0 Å². The molecule has 0 bridgehead atoms. The van der Waals surface area contributed by atoms with Crippen LogP contribution in [-0.2, 0) is 95.1 Å². The van der Waals surface area contributed by atoms with Crippen molar-refractivity contribution >= 4 is 47.4 Å². The van der Waals surface area contributed by atoms with E-state index in [4.69, 9.17) is 78.2 Å². The normalized spacial score (nSPS) is 13.0. The van der Waals surface area contributed by atoms with Crippen LogP contribution in [0.4, 0.5) is 4.79 Å². The molecule has 0 heterocycles. The number of alkyl carbamates (subject to hydrolysis) is 1. The lowest BCUT2D eigenvalue weighted by Crippen LogP contribution is -2.56. The maximum Gasteiger partial charge on any atom is 0.407 e. The van der Waals surface area contributed by atoms with Crippen molar-refractivity contribution in [1.29, 1.82) is 0 Å². The van der Waals surface area contributed by atoms with Crippen LogP contribution in [0.25, 0.3) is 0 Å². The summed E-state index contributed by atoms with van der Waals surface area (Å²) in [7, 11) is 1.65. The molecule has 0 spiro atoms. The number of ether oxygens (including phenoxy) is 13. The second-order valence-corrected chi connectivity index (χ2v) is 18.6. The molecular formula is C53H101N9O23. The van der Waals surface area contributed by atoms with Crippen molar-refractivity contribution in [2.75, 3.05) is 205 Å². The molecular weight excluding hydrogens is 1130 g/mol. The predicted octanol–water partition coefficient (Wildman–Crippen LogP) is -4.47. The maximum absolute atomic E-state index is 13.4. The van der Waals surface area contributed by atoms with Crippen LogP contribution in [0.3, 0.4) is 0 Å². The molecule has 0 aromatic rings. The van der Waals surface area contributed by atoms with Gasteiger partial charge in [-0.3, -0.25) is 33.6 Å². The average molecular weight is 1230 g/mol. The Balaban J connectivity index is 4.34. The fourth-order valence-electron chi connectivity index (χ4n) is 6.64. The first-order valence-electron chi connectivity index (χ1n) is 28.9. The minimum Gasteiger partial charge on any atom is -0.447 e. The first-order chi connectivity index (χ1) is 41.2. The molecule has 0 saturated heterocycles. The van der Waals surface area contributed by atoms with E-state index >= 15 is 0 Å². The van der Waals surface area contributed by atoms with Gasteiger partial charge in [-0.2, -0.15) is 0 Å². The quantitative estimate of drug-likeness (QED) is 0.0256. The molecule has 0 rings (SSSR count). The van der Waals surface area contributed by atoms with Crippen LogP contribution in [0, 0.1) is 5.92 Å². The number of nitrogens with one attached hydrogen (secondary N) is 7. The summed E-state index contributed by atoms with van der Waals surface area (Å²) in [5.41, 5.74) is 10.2. The van der Waals surface area contributed by atoms with Crippen LogP contribution in [0.5, 0.6) is 0 Å². The molecule has 0 aliphatic rings. The van der Waals surface area contributed by atoms with Crippen molar-refractivity contribution in [2.24, 2.45) is 17.4 Å². The monoisotopic (exact) mass is 1230 g/mol. The lowest BCUT2D eigenvalue weighted by Gasteiger charge is -2.22. The van der Waals surface area contributed by atoms with Crippen molar-refractivity contribution in [3.63, 3.8) is 0 Å². The van der Waals surface area contributed by atoms with Crippen LogP contribution < -0.4 is 48.7 Å². The van der Waals surface area contributed by atoms with Gasteiger partial charge in [-0.15, -0.1) is 0 Å². The number of aliphatic hydroxyl groups excluding tert-OH is 2. The molecule has 8 amide bonds. The lowest BCUT2D eigenvalue weighted by atomic mass is 10.0. The fraction of sp³-hybridized carbons (Fsp3) is 0.849. The van der Waals surface area contributed by atoms with Gasteiger partial charge in [0, 0.05) is 26.6 Å². The molecule has 0 aliphatic carbocycles. The summed E-state index contributed by atoms with van der Waals surface area (Å²) >= 11 is 0. The fourth-order valence-corrected chi connectivity index (χ4v) is 6.64. The van der Waals surface area contributed by atoms with Gasteiger partial charge in [0.1, 0.15) is 24.7 Å². The number of carbonyl (C=O) groups is 8. The van der Waals surface area contributed by atoms with E-state index in [1.807, 2.05) is 0 Å². The third-order valence-corrected chi connectivity index (χ3v) is 11.7. The molecule has 13 N–H and O–H groups in total. The number of hydrogen-bond acceptors (Lipinski definition) is 24. The van der Waals surface area contributed by atoms with Gasteiger partial charge >= 0.3 is 6.09 Å². The smallest absolute Gasteiger partial charge is 0.407 e. The Kier molecular flexibility index (Phi) is 54.6. The molecule has 0 aliphatic heterocycles. The number of carbonyl (C=O) groups excluding carboxylic acids is 8. The summed E-state index contributed by atoms with van der Waals surface area (Å²) < 4.78 is 70.9. The molecule has 496 valence electrons. The zero-order chi connectivity index (χ0) is 62.8. The molecule has 0 fully saturated rings. The number of nitrogens with two attached hydrogens (primary N) is 2. The van der Waals surface area contributed by atoms with E-state index in [0.29, 0.717) is 111 Å². The van der Waals surface area contributed by atoms with Gasteiger partial charge in [-0.05, 0) is 38.0 Å². The second-order valence-electron chi connectivity index (χ2n) is 18.6. The van der Waals surface area contributed by atoms with Crippen LogP contribution in [-0.4, -0.2) is 287 Å². The zero-order valence-electron chi connectivity index (χ0n) is 50.2. The standard InChI is InChI=1S/C53H101N9O23/c1-4-41(2)8-9-42(40-83-16-15-73-3)84-33-31-81-29-27-80-26-25-79-24-23-78-22-21-76-19-17-74-13-10-46(65)56-11-6-5-7-43(60-49(68)37-59-48(67)36-58-47(66)35-54)52(71)61-45(39-64)51(70)57-12-14-75-18-20-77-28-30-82-32-34-85-53(72)62-44(38-63)50(55)69/h41-45,63-64H,4-40,54H2,1-3H3,(H2,55,69)(H,56,65)(H,57,70)(H,58,66)(H,59,67)(H,60,68)(H,61,71)(H,62,72)/t41-,42?,43?,44?,45?/m0/s1. The van der Waals surface area contributed by atoms with Crippen molar-refractivity contribution in [3.8, 4) is 0 Å². The topological polar surface area (TPSA) is 433 Å². The number of aliphatic hydroxyl groups is 2. The van der Waals surface area contributed by atoms with E-state index < -0.39 is 86.0 Å². The van der Waals surface area contributed by atoms with Crippen LogP contribution in [0.1, 0.15) is 58.8 Å². The Morgan fingerprint density at radius 1 is 0.459 bits per heavy atom. The van der Waals surface area contributed by atoms with E-state index in [9.17, 15) is 43.5 Å². The van der Waals surface area contributed by atoms with E-state index in [2.05, 4.69) is 51.1 Å². The molecule has 4 unspecified atom stereocenters. The molecule has 0 aromatic carbocycles. The van der Waals surface area contributed by atoms with Gasteiger partial charge in [0.2, 0.25) is 41.4 Å². The third-order valence-electron chi connectivity index (χ3n) is 11.7. The number of rotatable bonds is 61. The minimum atomic E-state index is -1.40. The first-order valence-corrected chi connectivity index (χ1v) is 28.9. The largest absolute Gasteiger partial charge is 0.447 e. The Bertz CT molecular complexity index is 1730. The van der Waals surface area contributed by atoms with E-state index in [-0.39, 0.29) is 104 Å². The Morgan fingerprint density at radius 2 is 0.965 bits per heavy atom. The minimum absolute atomic E-state index is 0.00894. The van der Waals surface area contributed by atoms with Crippen LogP contribution in [0.2, 0.25) is 0 Å². The molecule has 0 radical (unpaired) electrons. The average Bonchev–Trinajstić information content (AvgIpc) is 3.57. The summed E-state index contributed by atoms with van der Waals surface area (Å²) in [6, 6.07) is -3.88. The Hall–Kier alpha value is -5.04. The summed E-state index contributed by atoms with van der Waals surface area (Å²) in [5.74, 6) is -4.10. The summed E-state index contributed by atoms with van der Waals surface area (Å²) in [5, 5.41) is 35.9. The highest BCUT2D eigenvalue weighted by molar-refractivity contribution is 5.93. The molecule has 85 heavy (non-hydrogen) atoms. The highest BCUT2D eigenvalue weighted by Gasteiger charge is 2.27. The summed E-state index contributed by atoms with van der Waals surface area (Å²) in [6.07, 6.45) is 3.12. The van der Waals surface area contributed by atoms with Crippen molar-refractivity contribution < 1.29 is 110 Å². The number of primary amides is 1. The van der Waals surface area contributed by atoms with Gasteiger partial charge in [0.15, 0.2) is 0 Å². The number of hydrogen-bond donors (Lipinski definition) is 11. The Morgan fingerprint density at radius 3 is 1.49 bits per heavy atom. The highest BCUT2D eigenvalue weighted by Crippen LogP contribution is 2.14. The van der Waals surface area contributed by atoms with Crippen LogP contribution >= 0.6 is 0 Å². The van der Waals surface area contributed by atoms with Crippen molar-refractivity contribution in [2.45, 2.75) is 83.0 Å². The number of unbranched alkanes of at least 4 members (excludes halogenated alkanes) is 1. The van der Waals surface area contributed by atoms with Gasteiger partial charge in [-0.25, -0.2) is 4.79 Å². The summed E-state index contributed by atoms with van der Waals surface area (Å²) in [4.78, 5) is 97.5. The predicted molar refractivity (Wildman–Crippen MR) is 304 cm³/mol. The van der Waals surface area contributed by atoms with E-state index in [0.717, 1.165) is 19.3 Å². The molecule has 32 nitrogen and oxygen atoms in total. The van der Waals surface area contributed by atoms with Crippen molar-refractivity contribution in [1.82, 2.24) is 37.2 Å². The molecule has 5 atom stereocenters. The Labute approximate surface area is 499 Å². The molecule has 0 aromatic heterocycles. The number of amides is 8. The van der Waals surface area contributed by atoms with E-state index in [1.54, 1.807) is 7.11 Å². The lowest BCUT2D eigenvalue weighted by molar-refractivity contribution is -0.133. The van der Waals surface area contributed by atoms with Gasteiger partial charge < -0.3 is 120 Å². The van der Waals surface area contributed by atoms with Crippen LogP contribution in [0.15, 0.2) is 0 Å². The first kappa shape index (κ1) is 80.0. The SMILES string of the molecule is CC[C@H](C)CCC(COCCOC)OCCOCCOCCOCCOCCOCCOCCC(=O)NCCCCC(NC(=O)CNC(=O)CNC(=O)CN)C(=O)NC(CO)C(=O)NCCOCCOCCOCCOC(=O)NC(CO)C(N)=O. The summed E-state index contributed by atoms with van der Waals surface area (Å²) in [6.45, 7) is 9.23. The number of methoxy groups -OCH3 is 1. The molecule has 0 saturated carbocycles. The van der Waals surface area contributed by atoms with Gasteiger partial charge in [0.05, 0.1) is 184 Å². The maximum atomic E-state index is 13.4. The second kappa shape index (κ2) is 58.0. The van der Waals surface area contributed by atoms with Gasteiger partial charge in [-0.1, -0.05) is 20.3 Å². The highest BCUT2D eigenvalue weighted by atomic mass is 16.6. The van der Waals surface area contributed by atoms with E-state index in [1.165, 1.54) is 0 Å².